The smallest absolute Gasteiger partial charge is 0.303 e. The van der Waals surface area contributed by atoms with E-state index in [4.69, 9.17) is 4.74 Å². The Morgan fingerprint density at radius 2 is 1.90 bits per heavy atom. The van der Waals surface area contributed by atoms with Crippen LogP contribution in [0.5, 0.6) is 0 Å². The predicted octanol–water partition coefficient (Wildman–Crippen LogP) is 6.24. The summed E-state index contributed by atoms with van der Waals surface area (Å²) in [5.41, 5.74) is 2.40. The Balaban J connectivity index is 1.14. The lowest BCUT2D eigenvalue weighted by Gasteiger charge is -2.47. The summed E-state index contributed by atoms with van der Waals surface area (Å²) in [5.74, 6) is -2.59. The second-order valence-electron chi connectivity index (χ2n) is 11.5. The molecule has 0 aromatic carbocycles. The first-order chi connectivity index (χ1) is 19.6. The first-order valence-electron chi connectivity index (χ1n) is 14.2. The van der Waals surface area contributed by atoms with Gasteiger partial charge in [0.25, 0.3) is 5.91 Å². The van der Waals surface area contributed by atoms with Crippen molar-refractivity contribution in [1.29, 1.82) is 0 Å². The molecular formula is C30H35F2N5O2S2. The lowest BCUT2D eigenvalue weighted by molar-refractivity contribution is -0.152. The Bertz CT molecular complexity index is 1400. The number of ether oxygens (including phenoxy) is 1. The van der Waals surface area contributed by atoms with Gasteiger partial charge >= 0.3 is 5.92 Å². The minimum Gasteiger partial charge on any atom is -0.363 e. The molecular weight excluding hydrogens is 564 g/mol. The fraction of sp³-hybridized carbons (Fsp3) is 0.533. The highest BCUT2D eigenvalue weighted by atomic mass is 32.2. The molecule has 1 amide bonds. The molecule has 2 aliphatic heterocycles. The summed E-state index contributed by atoms with van der Waals surface area (Å²) in [4.78, 5) is 30.9. The highest BCUT2D eigenvalue weighted by Crippen LogP contribution is 2.57. The van der Waals surface area contributed by atoms with E-state index in [1.54, 1.807) is 23.1 Å². The number of carbonyl (C=O) groups is 1. The summed E-state index contributed by atoms with van der Waals surface area (Å²) in [6.07, 6.45) is 9.47. The van der Waals surface area contributed by atoms with Gasteiger partial charge < -0.3 is 10.1 Å². The van der Waals surface area contributed by atoms with Gasteiger partial charge in [0, 0.05) is 66.4 Å². The van der Waals surface area contributed by atoms with Crippen LogP contribution in [0.15, 0.2) is 41.7 Å². The van der Waals surface area contributed by atoms with Crippen LogP contribution in [0.4, 0.5) is 8.78 Å². The summed E-state index contributed by atoms with van der Waals surface area (Å²) in [6, 6.07) is 6.08. The van der Waals surface area contributed by atoms with E-state index in [1.165, 1.54) is 22.8 Å². The third-order valence-electron chi connectivity index (χ3n) is 8.42. The van der Waals surface area contributed by atoms with Gasteiger partial charge in [0.2, 0.25) is 0 Å². The molecule has 11 heteroatoms. The largest absolute Gasteiger partial charge is 0.363 e. The molecule has 3 aromatic heterocycles. The van der Waals surface area contributed by atoms with Crippen molar-refractivity contribution in [2.24, 2.45) is 0 Å². The van der Waals surface area contributed by atoms with Crippen LogP contribution in [0.3, 0.4) is 0 Å². The van der Waals surface area contributed by atoms with E-state index < -0.39 is 17.3 Å². The Hall–Kier alpha value is -2.47. The van der Waals surface area contributed by atoms with E-state index in [1.807, 2.05) is 18.3 Å². The van der Waals surface area contributed by atoms with Gasteiger partial charge in [-0.05, 0) is 62.1 Å². The van der Waals surface area contributed by atoms with Crippen molar-refractivity contribution >= 4 is 29.0 Å². The van der Waals surface area contributed by atoms with Crippen LogP contribution in [0.1, 0.15) is 89.7 Å². The number of nitrogens with zero attached hydrogens (tertiary/aromatic N) is 4. The third-order valence-corrected chi connectivity index (χ3v) is 10.6. The predicted molar refractivity (Wildman–Crippen MR) is 155 cm³/mol. The molecule has 0 radical (unpaired) electrons. The van der Waals surface area contributed by atoms with Crippen LogP contribution in [-0.2, 0) is 29.2 Å². The molecule has 1 N–H and O–H groups in total. The topological polar surface area (TPSA) is 80.2 Å². The number of halogens is 2. The van der Waals surface area contributed by atoms with Crippen LogP contribution < -0.4 is 5.32 Å². The van der Waals surface area contributed by atoms with Gasteiger partial charge in [0.05, 0.1) is 22.7 Å². The van der Waals surface area contributed by atoms with E-state index >= 15 is 0 Å². The number of nitrogens with one attached hydrogen (secondary N) is 1. The maximum absolute atomic E-state index is 13.6. The Kier molecular flexibility index (Phi) is 7.67. The second kappa shape index (κ2) is 11.0. The van der Waals surface area contributed by atoms with E-state index in [2.05, 4.69) is 45.1 Å². The standard InChI is InChI=1S/C30H35F2N5O2S2/c1-4-40-23-6-5-22(33-18-23)17-34-26(38)24-13-20-14-29(7-8-29)39-30(25(20)41-24)9-11-37(12-10-30)19(2)21-15-35-27(36-16-21)28(3,31)32/h5-6,13,15-16,18-19H,4,7-12,14,17H2,1-3H3,(H,34,38)/t19-/m1/s1. The zero-order valence-corrected chi connectivity index (χ0v) is 25.2. The fourth-order valence-corrected chi connectivity index (χ4v) is 7.84. The van der Waals surface area contributed by atoms with E-state index in [-0.39, 0.29) is 17.6 Å². The van der Waals surface area contributed by atoms with Crippen molar-refractivity contribution in [1.82, 2.24) is 25.2 Å². The van der Waals surface area contributed by atoms with E-state index in [0.29, 0.717) is 6.54 Å². The quantitative estimate of drug-likeness (QED) is 0.307. The van der Waals surface area contributed by atoms with Gasteiger partial charge in [-0.1, -0.05) is 6.92 Å². The number of carbonyl (C=O) groups excluding carboxylic acids is 1. The second-order valence-corrected chi connectivity index (χ2v) is 13.9. The van der Waals surface area contributed by atoms with Crippen molar-refractivity contribution < 1.29 is 18.3 Å². The zero-order valence-electron chi connectivity index (χ0n) is 23.6. The van der Waals surface area contributed by atoms with Gasteiger partial charge in [-0.2, -0.15) is 8.78 Å². The van der Waals surface area contributed by atoms with Crippen LogP contribution in [0.25, 0.3) is 0 Å². The fourth-order valence-electron chi connectivity index (χ4n) is 5.94. The minimum atomic E-state index is -3.06. The number of alkyl halides is 2. The third kappa shape index (κ3) is 5.91. The van der Waals surface area contributed by atoms with Gasteiger partial charge in [-0.15, -0.1) is 23.1 Å². The summed E-state index contributed by atoms with van der Waals surface area (Å²) in [5, 5.41) is 3.05. The number of amides is 1. The number of thioether (sulfide) groups is 1. The molecule has 3 aliphatic rings. The normalized spacial score (nSPS) is 20.1. The van der Waals surface area contributed by atoms with Gasteiger partial charge in [-0.3, -0.25) is 14.7 Å². The molecule has 1 atom stereocenters. The molecule has 6 rings (SSSR count). The summed E-state index contributed by atoms with van der Waals surface area (Å²) < 4.78 is 34.0. The zero-order chi connectivity index (χ0) is 28.8. The maximum atomic E-state index is 13.6. The molecule has 218 valence electrons. The Labute approximate surface area is 247 Å². The Morgan fingerprint density at radius 1 is 1.17 bits per heavy atom. The van der Waals surface area contributed by atoms with Crippen molar-refractivity contribution in [3.05, 3.63) is 69.2 Å². The average Bonchev–Trinajstić information content (AvgIpc) is 3.55. The highest BCUT2D eigenvalue weighted by Gasteiger charge is 2.56. The number of likely N-dealkylation sites (tertiary alicyclic amines) is 1. The van der Waals surface area contributed by atoms with Gasteiger partial charge in [-0.25, -0.2) is 9.97 Å². The van der Waals surface area contributed by atoms with Gasteiger partial charge in [0.1, 0.15) is 5.60 Å². The van der Waals surface area contributed by atoms with Gasteiger partial charge in [0.15, 0.2) is 5.82 Å². The van der Waals surface area contributed by atoms with Crippen LogP contribution in [0, 0.1) is 0 Å². The summed E-state index contributed by atoms with van der Waals surface area (Å²) in [7, 11) is 0. The maximum Gasteiger partial charge on any atom is 0.303 e. The molecule has 5 heterocycles. The molecule has 1 aliphatic carbocycles. The monoisotopic (exact) mass is 599 g/mol. The van der Waals surface area contributed by atoms with Crippen molar-refractivity contribution in [3.8, 4) is 0 Å². The average molecular weight is 600 g/mol. The Morgan fingerprint density at radius 3 is 2.51 bits per heavy atom. The van der Waals surface area contributed by atoms with Crippen molar-refractivity contribution in [3.63, 3.8) is 0 Å². The van der Waals surface area contributed by atoms with Crippen LogP contribution >= 0.6 is 23.1 Å². The summed E-state index contributed by atoms with van der Waals surface area (Å²) in [6.45, 7) is 6.95. The number of hydrogen-bond acceptors (Lipinski definition) is 8. The molecule has 41 heavy (non-hydrogen) atoms. The van der Waals surface area contributed by atoms with E-state index in [9.17, 15) is 13.6 Å². The first-order valence-corrected chi connectivity index (χ1v) is 16.0. The van der Waals surface area contributed by atoms with Crippen molar-refractivity contribution in [2.75, 3.05) is 18.8 Å². The number of pyridine rings is 1. The molecule has 1 saturated heterocycles. The molecule has 3 aromatic rings. The molecule has 1 saturated carbocycles. The molecule has 0 unspecified atom stereocenters. The lowest BCUT2D eigenvalue weighted by Crippen LogP contribution is -2.49. The first kappa shape index (κ1) is 28.6. The molecule has 7 nitrogen and oxygen atoms in total. The highest BCUT2D eigenvalue weighted by molar-refractivity contribution is 7.99. The van der Waals surface area contributed by atoms with Crippen LogP contribution in [0.2, 0.25) is 0 Å². The SMILES string of the molecule is CCSc1ccc(CNC(=O)c2cc3c(s2)C2(CCN([C@H](C)c4cnc(C(C)(F)F)nc4)CC2)OC2(CC2)C3)nc1. The van der Waals surface area contributed by atoms with Crippen molar-refractivity contribution in [2.45, 2.75) is 87.5 Å². The summed E-state index contributed by atoms with van der Waals surface area (Å²) >= 11 is 3.31. The number of rotatable bonds is 8. The number of fused-ring (bicyclic) bond motifs is 2. The number of piperidine rings is 1. The lowest BCUT2D eigenvalue weighted by atomic mass is 9.82. The molecule has 2 fully saturated rings. The number of aromatic nitrogens is 3. The van der Waals surface area contributed by atoms with Crippen LogP contribution in [-0.4, -0.2) is 50.2 Å². The number of hydrogen-bond donors (Lipinski definition) is 1. The molecule has 2 spiro atoms. The molecule has 0 bridgehead atoms. The number of thiophene rings is 1. The minimum absolute atomic E-state index is 0.00209. The van der Waals surface area contributed by atoms with E-state index in [0.717, 1.165) is 78.9 Å².